The highest BCUT2D eigenvalue weighted by atomic mass is 32.2. The third kappa shape index (κ3) is 3.19. The molecule has 1 aliphatic heterocycles. The van der Waals surface area contributed by atoms with E-state index in [0.29, 0.717) is 18.1 Å². The van der Waals surface area contributed by atoms with E-state index in [9.17, 15) is 8.42 Å². The molecule has 0 atom stereocenters. The number of fused-ring (bicyclic) bond motifs is 3. The van der Waals surface area contributed by atoms with E-state index >= 15 is 0 Å². The van der Waals surface area contributed by atoms with Crippen LogP contribution < -0.4 is 10.7 Å². The van der Waals surface area contributed by atoms with Crippen LogP contribution in [0.15, 0.2) is 47.6 Å². The van der Waals surface area contributed by atoms with E-state index in [0.717, 1.165) is 53.7 Å². The number of nitrogens with zero attached hydrogens (tertiary/aromatic N) is 5. The maximum atomic E-state index is 13.3. The van der Waals surface area contributed by atoms with Crippen molar-refractivity contribution in [1.29, 1.82) is 0 Å². The van der Waals surface area contributed by atoms with Crippen molar-refractivity contribution < 1.29 is 8.42 Å². The summed E-state index contributed by atoms with van der Waals surface area (Å²) in [6.45, 7) is 6.40. The highest BCUT2D eigenvalue weighted by molar-refractivity contribution is 7.90. The highest BCUT2D eigenvalue weighted by Crippen LogP contribution is 2.29. The molecule has 1 fully saturated rings. The van der Waals surface area contributed by atoms with E-state index in [4.69, 9.17) is 10.7 Å². The van der Waals surface area contributed by atoms with Crippen LogP contribution in [0.1, 0.15) is 24.2 Å². The Hall–Kier alpha value is -2.91. The molecule has 0 bridgehead atoms. The first-order valence-electron chi connectivity index (χ1n) is 10.5. The normalized spacial score (nSPS) is 15.9. The Morgan fingerprint density at radius 2 is 1.81 bits per heavy atom. The number of hydrogen-bond acceptors (Lipinski definition) is 6. The SMILES string of the molecule is Cc1ccc(S(=O)(=O)n2ccc3c2ncc2nc(C)n(N4CCC(CN)CC4)c23)cc1. The average Bonchev–Trinajstić information content (AvgIpc) is 3.35. The summed E-state index contributed by atoms with van der Waals surface area (Å²) in [4.78, 5) is 9.41. The van der Waals surface area contributed by atoms with Gasteiger partial charge in [0.05, 0.1) is 11.1 Å². The number of piperidine rings is 1. The van der Waals surface area contributed by atoms with Crippen LogP contribution in [0.5, 0.6) is 0 Å². The van der Waals surface area contributed by atoms with Gasteiger partial charge in [0.2, 0.25) is 0 Å². The van der Waals surface area contributed by atoms with Gasteiger partial charge in [0.1, 0.15) is 16.9 Å². The van der Waals surface area contributed by atoms with Gasteiger partial charge in [-0.25, -0.2) is 27.0 Å². The van der Waals surface area contributed by atoms with Crippen LogP contribution in [0.25, 0.3) is 22.1 Å². The lowest BCUT2D eigenvalue weighted by molar-refractivity contribution is 0.371. The fourth-order valence-electron chi connectivity index (χ4n) is 4.45. The van der Waals surface area contributed by atoms with Crippen molar-refractivity contribution in [2.24, 2.45) is 11.7 Å². The molecule has 9 heteroatoms. The zero-order chi connectivity index (χ0) is 21.8. The van der Waals surface area contributed by atoms with Gasteiger partial charge >= 0.3 is 0 Å². The van der Waals surface area contributed by atoms with Crippen molar-refractivity contribution in [3.8, 4) is 0 Å². The summed E-state index contributed by atoms with van der Waals surface area (Å²) < 4.78 is 30.0. The Kier molecular flexibility index (Phi) is 4.75. The molecule has 162 valence electrons. The Morgan fingerprint density at radius 1 is 1.10 bits per heavy atom. The van der Waals surface area contributed by atoms with Crippen LogP contribution >= 0.6 is 0 Å². The number of nitrogens with two attached hydrogens (primary N) is 1. The predicted octanol–water partition coefficient (Wildman–Crippen LogP) is 2.55. The minimum Gasteiger partial charge on any atom is -0.330 e. The largest absolute Gasteiger partial charge is 0.330 e. The van der Waals surface area contributed by atoms with Crippen LogP contribution in [-0.2, 0) is 10.0 Å². The molecular formula is C22H26N6O2S. The van der Waals surface area contributed by atoms with Gasteiger partial charge in [-0.15, -0.1) is 0 Å². The van der Waals surface area contributed by atoms with Gasteiger partial charge in [-0.2, -0.15) is 0 Å². The molecule has 0 spiro atoms. The lowest BCUT2D eigenvalue weighted by Crippen LogP contribution is -2.43. The molecule has 1 aliphatic rings. The van der Waals surface area contributed by atoms with Gasteiger partial charge in [-0.05, 0) is 57.4 Å². The molecule has 5 rings (SSSR count). The van der Waals surface area contributed by atoms with Crippen molar-refractivity contribution in [2.45, 2.75) is 31.6 Å². The lowest BCUT2D eigenvalue weighted by atomic mass is 9.98. The number of hydrogen-bond donors (Lipinski definition) is 1. The standard InChI is InChI=1S/C22H26N6O2S/c1-15-3-5-18(6-4-15)31(29,30)27-12-9-19-21-20(14-24-22(19)27)25-16(2)28(21)26-10-7-17(13-23)8-11-26/h3-6,9,12,14,17H,7-8,10-11,13,23H2,1-2H3. The van der Waals surface area contributed by atoms with Gasteiger partial charge < -0.3 is 10.7 Å². The van der Waals surface area contributed by atoms with Crippen LogP contribution in [-0.4, -0.2) is 46.7 Å². The van der Waals surface area contributed by atoms with E-state index < -0.39 is 10.0 Å². The molecular weight excluding hydrogens is 412 g/mol. The minimum atomic E-state index is -3.75. The molecule has 31 heavy (non-hydrogen) atoms. The molecule has 0 radical (unpaired) electrons. The van der Waals surface area contributed by atoms with Gasteiger partial charge in [-0.1, -0.05) is 17.7 Å². The smallest absolute Gasteiger partial charge is 0.269 e. The zero-order valence-corrected chi connectivity index (χ0v) is 18.5. The number of rotatable bonds is 4. The molecule has 0 saturated carbocycles. The van der Waals surface area contributed by atoms with Crippen LogP contribution in [0.4, 0.5) is 0 Å². The maximum absolute atomic E-state index is 13.3. The molecule has 8 nitrogen and oxygen atoms in total. The van der Waals surface area contributed by atoms with Crippen molar-refractivity contribution in [3.63, 3.8) is 0 Å². The maximum Gasteiger partial charge on any atom is 0.269 e. The molecule has 4 heterocycles. The second-order valence-corrected chi connectivity index (χ2v) is 10.1. The monoisotopic (exact) mass is 438 g/mol. The van der Waals surface area contributed by atoms with Crippen molar-refractivity contribution in [3.05, 3.63) is 54.1 Å². The Labute approximate surface area is 181 Å². The number of benzene rings is 1. The third-order valence-corrected chi connectivity index (χ3v) is 7.90. The van der Waals surface area contributed by atoms with Gasteiger partial charge in [-0.3, -0.25) is 0 Å². The van der Waals surface area contributed by atoms with E-state index in [2.05, 4.69) is 14.7 Å². The highest BCUT2D eigenvalue weighted by Gasteiger charge is 2.25. The van der Waals surface area contributed by atoms with E-state index in [1.165, 1.54) is 3.97 Å². The first-order chi connectivity index (χ1) is 14.9. The number of aromatic nitrogens is 4. The topological polar surface area (TPSA) is 99.0 Å². The summed E-state index contributed by atoms with van der Waals surface area (Å²) in [6, 6.07) is 8.68. The number of imidazole rings is 1. The summed E-state index contributed by atoms with van der Waals surface area (Å²) in [7, 11) is -3.75. The second kappa shape index (κ2) is 7.35. The fraction of sp³-hybridized carbons (Fsp3) is 0.364. The summed E-state index contributed by atoms with van der Waals surface area (Å²) in [6.07, 6.45) is 5.31. The predicted molar refractivity (Wildman–Crippen MR) is 121 cm³/mol. The van der Waals surface area contributed by atoms with Crippen molar-refractivity contribution >= 4 is 32.1 Å². The molecule has 2 N–H and O–H groups in total. The minimum absolute atomic E-state index is 0.242. The van der Waals surface area contributed by atoms with Gasteiger partial charge in [0, 0.05) is 24.7 Å². The van der Waals surface area contributed by atoms with Gasteiger partial charge in [0.25, 0.3) is 10.0 Å². The number of aryl methyl sites for hydroxylation is 2. The van der Waals surface area contributed by atoms with Crippen molar-refractivity contribution in [2.75, 3.05) is 24.6 Å². The quantitative estimate of drug-likeness (QED) is 0.526. The second-order valence-electron chi connectivity index (χ2n) is 8.26. The third-order valence-electron chi connectivity index (χ3n) is 6.22. The Balaban J connectivity index is 1.65. The average molecular weight is 439 g/mol. The van der Waals surface area contributed by atoms with Crippen molar-refractivity contribution in [1.82, 2.24) is 18.6 Å². The Morgan fingerprint density at radius 3 is 2.48 bits per heavy atom. The van der Waals surface area contributed by atoms with E-state index in [-0.39, 0.29) is 4.90 Å². The number of pyridine rings is 1. The molecule has 0 unspecified atom stereocenters. The first-order valence-corrected chi connectivity index (χ1v) is 12.0. The molecule has 3 aromatic heterocycles. The summed E-state index contributed by atoms with van der Waals surface area (Å²) in [5, 5.41) is 3.05. The summed E-state index contributed by atoms with van der Waals surface area (Å²) in [5.74, 6) is 1.42. The molecule has 1 saturated heterocycles. The van der Waals surface area contributed by atoms with E-state index in [1.54, 1.807) is 36.7 Å². The van der Waals surface area contributed by atoms with Crippen LogP contribution in [0.2, 0.25) is 0 Å². The molecule has 0 aliphatic carbocycles. The lowest BCUT2D eigenvalue weighted by Gasteiger charge is -2.34. The molecule has 4 aromatic rings. The van der Waals surface area contributed by atoms with Gasteiger partial charge in [0.15, 0.2) is 5.65 Å². The summed E-state index contributed by atoms with van der Waals surface area (Å²) in [5.41, 5.74) is 8.93. The van der Waals surface area contributed by atoms with Crippen LogP contribution in [0.3, 0.4) is 0 Å². The summed E-state index contributed by atoms with van der Waals surface area (Å²) >= 11 is 0. The van der Waals surface area contributed by atoms with Crippen LogP contribution in [0, 0.1) is 19.8 Å². The molecule has 0 amide bonds. The van der Waals surface area contributed by atoms with E-state index in [1.807, 2.05) is 19.9 Å². The zero-order valence-electron chi connectivity index (χ0n) is 17.7. The first kappa shape index (κ1) is 20.0. The fourth-order valence-corrected chi connectivity index (χ4v) is 5.75. The Bertz CT molecular complexity index is 1360. The molecule has 1 aromatic carbocycles.